The Labute approximate surface area is 77.4 Å². The summed E-state index contributed by atoms with van der Waals surface area (Å²) in [5.74, 6) is 0.621. The van der Waals surface area contributed by atoms with Crippen molar-refractivity contribution in [2.45, 2.75) is 25.4 Å². The first-order valence-corrected chi connectivity index (χ1v) is 4.47. The van der Waals surface area contributed by atoms with Crippen molar-refractivity contribution in [2.24, 2.45) is 0 Å². The van der Waals surface area contributed by atoms with Crippen molar-refractivity contribution < 1.29 is 4.74 Å². The van der Waals surface area contributed by atoms with Crippen molar-refractivity contribution in [3.63, 3.8) is 0 Å². The second kappa shape index (κ2) is 3.70. The Balaban J connectivity index is 1.99. The van der Waals surface area contributed by atoms with Crippen molar-refractivity contribution in [1.82, 2.24) is 15.3 Å². The standard InChI is InChI=1S/C9H13N3O/c1-13-9-8(10-4-5-11-9)6-12-7-2-3-7/h4-5,7,12H,2-3,6H2,1H3. The zero-order valence-corrected chi connectivity index (χ0v) is 7.66. The summed E-state index contributed by atoms with van der Waals surface area (Å²) in [6.45, 7) is 0.752. The van der Waals surface area contributed by atoms with Gasteiger partial charge in [-0.1, -0.05) is 0 Å². The maximum Gasteiger partial charge on any atom is 0.236 e. The van der Waals surface area contributed by atoms with Gasteiger partial charge in [0.15, 0.2) is 0 Å². The number of hydrogen-bond acceptors (Lipinski definition) is 4. The molecule has 1 N–H and O–H groups in total. The first kappa shape index (κ1) is 8.44. The highest BCUT2D eigenvalue weighted by molar-refractivity contribution is 5.16. The quantitative estimate of drug-likeness (QED) is 0.740. The number of ether oxygens (including phenoxy) is 1. The second-order valence-electron chi connectivity index (χ2n) is 3.17. The van der Waals surface area contributed by atoms with Crippen LogP contribution in [0.2, 0.25) is 0 Å². The molecule has 1 saturated carbocycles. The van der Waals surface area contributed by atoms with Crippen LogP contribution in [-0.2, 0) is 6.54 Å². The summed E-state index contributed by atoms with van der Waals surface area (Å²) in [5.41, 5.74) is 0.886. The minimum absolute atomic E-state index is 0.621. The molecule has 4 heteroatoms. The van der Waals surface area contributed by atoms with E-state index in [-0.39, 0.29) is 0 Å². The van der Waals surface area contributed by atoms with Gasteiger partial charge in [0.2, 0.25) is 5.88 Å². The second-order valence-corrected chi connectivity index (χ2v) is 3.17. The fraction of sp³-hybridized carbons (Fsp3) is 0.556. The normalized spacial score (nSPS) is 15.8. The van der Waals surface area contributed by atoms with Gasteiger partial charge in [-0.25, -0.2) is 4.98 Å². The molecule has 0 saturated heterocycles. The van der Waals surface area contributed by atoms with Gasteiger partial charge in [-0.3, -0.25) is 4.98 Å². The van der Waals surface area contributed by atoms with E-state index in [1.54, 1.807) is 19.5 Å². The van der Waals surface area contributed by atoms with Gasteiger partial charge in [-0.05, 0) is 12.8 Å². The van der Waals surface area contributed by atoms with Gasteiger partial charge < -0.3 is 10.1 Å². The Bertz CT molecular complexity index is 286. The molecule has 1 aromatic rings. The van der Waals surface area contributed by atoms with E-state index in [4.69, 9.17) is 4.74 Å². The number of rotatable bonds is 4. The highest BCUT2D eigenvalue weighted by Crippen LogP contribution is 2.20. The molecule has 0 bridgehead atoms. The summed E-state index contributed by atoms with van der Waals surface area (Å²) in [7, 11) is 1.62. The number of methoxy groups -OCH3 is 1. The molecule has 70 valence electrons. The minimum Gasteiger partial charge on any atom is -0.480 e. The smallest absolute Gasteiger partial charge is 0.236 e. The summed E-state index contributed by atoms with van der Waals surface area (Å²) in [4.78, 5) is 8.27. The maximum atomic E-state index is 5.08. The molecule has 1 aliphatic carbocycles. The molecule has 0 amide bonds. The first-order chi connectivity index (χ1) is 6.40. The molecule has 0 aromatic carbocycles. The van der Waals surface area contributed by atoms with E-state index in [9.17, 15) is 0 Å². The summed E-state index contributed by atoms with van der Waals surface area (Å²) in [6.07, 6.45) is 5.89. The molecule has 0 spiro atoms. The zero-order chi connectivity index (χ0) is 9.10. The van der Waals surface area contributed by atoms with Gasteiger partial charge in [0.05, 0.1) is 7.11 Å². The van der Waals surface area contributed by atoms with Crippen LogP contribution >= 0.6 is 0 Å². The Morgan fingerprint density at radius 1 is 1.46 bits per heavy atom. The van der Waals surface area contributed by atoms with Gasteiger partial charge in [-0.2, -0.15) is 0 Å². The van der Waals surface area contributed by atoms with Crippen LogP contribution in [0.1, 0.15) is 18.5 Å². The molecule has 1 aromatic heterocycles. The van der Waals surface area contributed by atoms with Crippen LogP contribution in [0.25, 0.3) is 0 Å². The Morgan fingerprint density at radius 3 is 2.92 bits per heavy atom. The van der Waals surface area contributed by atoms with Gasteiger partial charge in [0.1, 0.15) is 5.69 Å². The van der Waals surface area contributed by atoms with Gasteiger partial charge in [0, 0.05) is 25.0 Å². The fourth-order valence-corrected chi connectivity index (χ4v) is 1.17. The lowest BCUT2D eigenvalue weighted by Gasteiger charge is -2.05. The third kappa shape index (κ3) is 2.15. The van der Waals surface area contributed by atoms with Crippen molar-refractivity contribution >= 4 is 0 Å². The minimum atomic E-state index is 0.621. The van der Waals surface area contributed by atoms with Crippen molar-refractivity contribution in [3.05, 3.63) is 18.1 Å². The van der Waals surface area contributed by atoms with Crippen molar-refractivity contribution in [1.29, 1.82) is 0 Å². The Hall–Kier alpha value is -1.16. The predicted molar refractivity (Wildman–Crippen MR) is 48.4 cm³/mol. The zero-order valence-electron chi connectivity index (χ0n) is 7.66. The molecule has 4 nitrogen and oxygen atoms in total. The fourth-order valence-electron chi connectivity index (χ4n) is 1.17. The summed E-state index contributed by atoms with van der Waals surface area (Å²) < 4.78 is 5.08. The van der Waals surface area contributed by atoms with Gasteiger partial charge in [-0.15, -0.1) is 0 Å². The van der Waals surface area contributed by atoms with Crippen LogP contribution < -0.4 is 10.1 Å². The number of nitrogens with one attached hydrogen (secondary N) is 1. The number of hydrogen-bond donors (Lipinski definition) is 1. The molecule has 0 radical (unpaired) electrons. The Kier molecular flexibility index (Phi) is 2.40. The lowest BCUT2D eigenvalue weighted by Crippen LogP contribution is -2.17. The van der Waals surface area contributed by atoms with Crippen LogP contribution in [0.4, 0.5) is 0 Å². The topological polar surface area (TPSA) is 47.0 Å². The SMILES string of the molecule is COc1nccnc1CNC1CC1. The highest BCUT2D eigenvalue weighted by Gasteiger charge is 2.20. The van der Waals surface area contributed by atoms with E-state index in [1.165, 1.54) is 12.8 Å². The molecule has 13 heavy (non-hydrogen) atoms. The molecule has 1 fully saturated rings. The monoisotopic (exact) mass is 179 g/mol. The van der Waals surface area contributed by atoms with E-state index in [2.05, 4.69) is 15.3 Å². The summed E-state index contributed by atoms with van der Waals surface area (Å²) in [6, 6.07) is 0.687. The van der Waals surface area contributed by atoms with E-state index in [0.717, 1.165) is 12.2 Å². The van der Waals surface area contributed by atoms with E-state index < -0.39 is 0 Å². The Morgan fingerprint density at radius 2 is 2.23 bits per heavy atom. The molecular weight excluding hydrogens is 166 g/mol. The van der Waals surface area contributed by atoms with Crippen LogP contribution in [0.5, 0.6) is 5.88 Å². The van der Waals surface area contributed by atoms with Crippen LogP contribution in [-0.4, -0.2) is 23.1 Å². The van der Waals surface area contributed by atoms with E-state index in [1.807, 2.05) is 0 Å². The molecule has 1 heterocycles. The van der Waals surface area contributed by atoms with Crippen LogP contribution in [0, 0.1) is 0 Å². The van der Waals surface area contributed by atoms with Crippen LogP contribution in [0.3, 0.4) is 0 Å². The summed E-state index contributed by atoms with van der Waals surface area (Å²) >= 11 is 0. The molecular formula is C9H13N3O. The number of aromatic nitrogens is 2. The third-order valence-corrected chi connectivity index (χ3v) is 2.06. The lowest BCUT2D eigenvalue weighted by atomic mass is 10.4. The van der Waals surface area contributed by atoms with Crippen LogP contribution in [0.15, 0.2) is 12.4 Å². The largest absolute Gasteiger partial charge is 0.480 e. The molecule has 2 rings (SSSR count). The third-order valence-electron chi connectivity index (χ3n) is 2.06. The van der Waals surface area contributed by atoms with Gasteiger partial charge in [0.25, 0.3) is 0 Å². The molecule has 0 aliphatic heterocycles. The van der Waals surface area contributed by atoms with Crippen molar-refractivity contribution in [2.75, 3.05) is 7.11 Å². The van der Waals surface area contributed by atoms with Gasteiger partial charge >= 0.3 is 0 Å². The average Bonchev–Trinajstić information content (AvgIpc) is 2.99. The van der Waals surface area contributed by atoms with E-state index in [0.29, 0.717) is 11.9 Å². The molecule has 0 unspecified atom stereocenters. The predicted octanol–water partition coefficient (Wildman–Crippen LogP) is 0.737. The maximum absolute atomic E-state index is 5.08. The van der Waals surface area contributed by atoms with Crippen molar-refractivity contribution in [3.8, 4) is 5.88 Å². The highest BCUT2D eigenvalue weighted by atomic mass is 16.5. The van der Waals surface area contributed by atoms with E-state index >= 15 is 0 Å². The lowest BCUT2D eigenvalue weighted by molar-refractivity contribution is 0.387. The summed E-state index contributed by atoms with van der Waals surface area (Å²) in [5, 5.41) is 3.37. The first-order valence-electron chi connectivity index (χ1n) is 4.47. The molecule has 0 atom stereocenters. The molecule has 1 aliphatic rings. The average molecular weight is 179 g/mol. The number of nitrogens with zero attached hydrogens (tertiary/aromatic N) is 2.